The number of aromatic amines is 1. The van der Waals surface area contributed by atoms with Crippen LogP contribution < -0.4 is 9.47 Å². The second kappa shape index (κ2) is 7.71. The van der Waals surface area contributed by atoms with Crippen LogP contribution >= 0.6 is 0 Å². The molecular weight excluding hydrogens is 302 g/mol. The lowest BCUT2D eigenvalue weighted by molar-refractivity contribution is 0.193. The van der Waals surface area contributed by atoms with Gasteiger partial charge in [0.2, 0.25) is 0 Å². The molecule has 0 amide bonds. The minimum atomic E-state index is 0.525. The Morgan fingerprint density at radius 1 is 1.25 bits per heavy atom. The summed E-state index contributed by atoms with van der Waals surface area (Å²) in [7, 11) is 3.44. The third-order valence-corrected chi connectivity index (χ3v) is 4.96. The van der Waals surface area contributed by atoms with Crippen molar-refractivity contribution >= 4 is 0 Å². The molecule has 5 heteroatoms. The van der Waals surface area contributed by atoms with E-state index in [2.05, 4.69) is 22.0 Å². The average Bonchev–Trinajstić information content (AvgIpc) is 3.11. The normalized spacial score (nSPS) is 18.5. The van der Waals surface area contributed by atoms with Crippen LogP contribution in [-0.2, 0) is 13.0 Å². The number of likely N-dealkylation sites (tertiary alicyclic amines) is 1. The zero-order valence-corrected chi connectivity index (χ0v) is 14.8. The second-order valence-electron chi connectivity index (χ2n) is 6.38. The fourth-order valence-electron chi connectivity index (χ4n) is 3.70. The predicted molar refractivity (Wildman–Crippen MR) is 94.8 cm³/mol. The molecule has 0 saturated carbocycles. The highest BCUT2D eigenvalue weighted by Crippen LogP contribution is 2.33. The number of methoxy groups -OCH3 is 2. The number of aromatic nitrogens is 2. The van der Waals surface area contributed by atoms with Gasteiger partial charge in [-0.3, -0.25) is 10.00 Å². The van der Waals surface area contributed by atoms with Crippen molar-refractivity contribution in [3.8, 4) is 11.5 Å². The molecule has 1 fully saturated rings. The third kappa shape index (κ3) is 3.41. The van der Waals surface area contributed by atoms with E-state index in [-0.39, 0.29) is 0 Å². The van der Waals surface area contributed by atoms with Crippen LogP contribution in [-0.4, -0.2) is 42.4 Å². The van der Waals surface area contributed by atoms with Crippen molar-refractivity contribution in [2.24, 2.45) is 0 Å². The van der Waals surface area contributed by atoms with E-state index in [1.165, 1.54) is 24.1 Å². The van der Waals surface area contributed by atoms with Crippen LogP contribution in [0.4, 0.5) is 0 Å². The molecule has 130 valence electrons. The minimum Gasteiger partial charge on any atom is -0.496 e. The van der Waals surface area contributed by atoms with Gasteiger partial charge >= 0.3 is 0 Å². The van der Waals surface area contributed by atoms with Gasteiger partial charge in [0.25, 0.3) is 0 Å². The first-order chi connectivity index (χ1) is 11.8. The first kappa shape index (κ1) is 16.8. The number of piperidine rings is 1. The molecule has 1 aliphatic rings. The number of nitrogens with one attached hydrogen (secondary N) is 1. The maximum absolute atomic E-state index is 5.54. The summed E-state index contributed by atoms with van der Waals surface area (Å²) in [5.41, 5.74) is 3.79. The molecular formula is C19H27N3O2. The first-order valence-electron chi connectivity index (χ1n) is 8.71. The summed E-state index contributed by atoms with van der Waals surface area (Å²) in [6.07, 6.45) is 5.42. The van der Waals surface area contributed by atoms with E-state index >= 15 is 0 Å². The monoisotopic (exact) mass is 329 g/mol. The zero-order chi connectivity index (χ0) is 16.9. The quantitative estimate of drug-likeness (QED) is 0.883. The largest absolute Gasteiger partial charge is 0.496 e. The molecule has 0 bridgehead atoms. The number of rotatable bonds is 6. The number of hydrogen-bond donors (Lipinski definition) is 1. The van der Waals surface area contributed by atoms with Gasteiger partial charge < -0.3 is 9.47 Å². The Bertz CT molecular complexity index is 646. The molecule has 3 rings (SSSR count). The number of hydrogen-bond acceptors (Lipinski definition) is 4. The Kier molecular flexibility index (Phi) is 5.41. The Labute approximate surface area is 144 Å². The summed E-state index contributed by atoms with van der Waals surface area (Å²) in [6, 6.07) is 5.98. The molecule has 2 heterocycles. The smallest absolute Gasteiger partial charge is 0.127 e. The first-order valence-corrected chi connectivity index (χ1v) is 8.71. The molecule has 1 aromatic carbocycles. The number of ether oxygens (including phenoxy) is 2. The fourth-order valence-corrected chi connectivity index (χ4v) is 3.70. The summed E-state index contributed by atoms with van der Waals surface area (Å²) in [5, 5.41) is 7.48. The van der Waals surface area contributed by atoms with Crippen molar-refractivity contribution < 1.29 is 9.47 Å². The molecule has 1 atom stereocenters. The molecule has 1 aromatic heterocycles. The van der Waals surface area contributed by atoms with Gasteiger partial charge in [-0.1, -0.05) is 13.0 Å². The highest BCUT2D eigenvalue weighted by molar-refractivity contribution is 5.44. The fraction of sp³-hybridized carbons (Fsp3) is 0.526. The number of benzene rings is 1. The van der Waals surface area contributed by atoms with Crippen LogP contribution in [0.25, 0.3) is 0 Å². The van der Waals surface area contributed by atoms with Gasteiger partial charge in [-0.2, -0.15) is 5.10 Å². The lowest BCUT2D eigenvalue weighted by atomic mass is 9.91. The molecule has 0 spiro atoms. The van der Waals surface area contributed by atoms with E-state index in [0.717, 1.165) is 43.1 Å². The van der Waals surface area contributed by atoms with E-state index < -0.39 is 0 Å². The SMILES string of the molecule is CCc1cn[nH]c1[C@@H]1CCCN(Cc2c(OC)cccc2OC)C1. The number of H-pyrrole nitrogens is 1. The van der Waals surface area contributed by atoms with E-state index in [9.17, 15) is 0 Å². The van der Waals surface area contributed by atoms with Gasteiger partial charge in [0.1, 0.15) is 11.5 Å². The molecule has 24 heavy (non-hydrogen) atoms. The average molecular weight is 329 g/mol. The van der Waals surface area contributed by atoms with Crippen molar-refractivity contribution in [2.75, 3.05) is 27.3 Å². The van der Waals surface area contributed by atoms with Gasteiger partial charge in [-0.25, -0.2) is 0 Å². The molecule has 1 N–H and O–H groups in total. The van der Waals surface area contributed by atoms with Crippen LogP contribution in [0, 0.1) is 0 Å². The minimum absolute atomic E-state index is 0.525. The number of nitrogens with zero attached hydrogens (tertiary/aromatic N) is 2. The van der Waals surface area contributed by atoms with Gasteiger partial charge in [0, 0.05) is 24.7 Å². The van der Waals surface area contributed by atoms with Crippen LogP contribution in [0.3, 0.4) is 0 Å². The summed E-state index contributed by atoms with van der Waals surface area (Å²) in [5.74, 6) is 2.32. The number of aryl methyl sites for hydroxylation is 1. The van der Waals surface area contributed by atoms with E-state index in [4.69, 9.17) is 9.47 Å². The Morgan fingerprint density at radius 3 is 2.67 bits per heavy atom. The molecule has 1 saturated heterocycles. The Balaban J connectivity index is 1.77. The van der Waals surface area contributed by atoms with Crippen molar-refractivity contribution in [1.82, 2.24) is 15.1 Å². The predicted octanol–water partition coefficient (Wildman–Crippen LogP) is 3.37. The maximum Gasteiger partial charge on any atom is 0.127 e. The summed E-state index contributed by atoms with van der Waals surface area (Å²) >= 11 is 0. The molecule has 0 radical (unpaired) electrons. The lowest BCUT2D eigenvalue weighted by Gasteiger charge is -2.33. The molecule has 5 nitrogen and oxygen atoms in total. The van der Waals surface area contributed by atoms with E-state index in [1.807, 2.05) is 24.4 Å². The molecule has 2 aromatic rings. The maximum atomic E-state index is 5.54. The van der Waals surface area contributed by atoms with Gasteiger partial charge in [-0.15, -0.1) is 0 Å². The summed E-state index contributed by atoms with van der Waals surface area (Å²) < 4.78 is 11.1. The Hall–Kier alpha value is -2.01. The standard InChI is InChI=1S/C19H27N3O2/c1-4-14-11-20-21-19(14)15-7-6-10-22(12-15)13-16-17(23-2)8-5-9-18(16)24-3/h5,8-9,11,15H,4,6-7,10,12-13H2,1-3H3,(H,20,21)/t15-/m1/s1. The second-order valence-corrected chi connectivity index (χ2v) is 6.38. The van der Waals surface area contributed by atoms with Crippen LogP contribution in [0.2, 0.25) is 0 Å². The summed E-state index contributed by atoms with van der Waals surface area (Å²) in [4.78, 5) is 2.49. The van der Waals surface area contributed by atoms with Crippen molar-refractivity contribution in [3.63, 3.8) is 0 Å². The molecule has 0 aliphatic carbocycles. The van der Waals surface area contributed by atoms with Crippen molar-refractivity contribution in [1.29, 1.82) is 0 Å². The van der Waals surface area contributed by atoms with Gasteiger partial charge in [0.15, 0.2) is 0 Å². The Morgan fingerprint density at radius 2 is 2.00 bits per heavy atom. The van der Waals surface area contributed by atoms with Crippen molar-refractivity contribution in [2.45, 2.75) is 38.6 Å². The summed E-state index contributed by atoms with van der Waals surface area (Å²) in [6.45, 7) is 5.18. The van der Waals surface area contributed by atoms with Crippen LogP contribution in [0.5, 0.6) is 11.5 Å². The van der Waals surface area contributed by atoms with E-state index in [0.29, 0.717) is 5.92 Å². The van der Waals surface area contributed by atoms with E-state index in [1.54, 1.807) is 14.2 Å². The van der Waals surface area contributed by atoms with Crippen molar-refractivity contribution in [3.05, 3.63) is 41.2 Å². The lowest BCUT2D eigenvalue weighted by Crippen LogP contribution is -2.34. The van der Waals surface area contributed by atoms with Gasteiger partial charge in [0.05, 0.1) is 26.0 Å². The van der Waals surface area contributed by atoms with Crippen LogP contribution in [0.15, 0.2) is 24.4 Å². The zero-order valence-electron chi connectivity index (χ0n) is 14.8. The third-order valence-electron chi connectivity index (χ3n) is 4.96. The van der Waals surface area contributed by atoms with Crippen LogP contribution in [0.1, 0.15) is 42.5 Å². The molecule has 1 aliphatic heterocycles. The van der Waals surface area contributed by atoms with Gasteiger partial charge in [-0.05, 0) is 43.5 Å². The molecule has 0 unspecified atom stereocenters. The topological polar surface area (TPSA) is 50.4 Å². The highest BCUT2D eigenvalue weighted by Gasteiger charge is 2.25. The highest BCUT2D eigenvalue weighted by atomic mass is 16.5.